The third-order valence-electron chi connectivity index (χ3n) is 3.06. The highest BCUT2D eigenvalue weighted by molar-refractivity contribution is 6.29. The van der Waals surface area contributed by atoms with E-state index in [2.05, 4.69) is 5.10 Å². The summed E-state index contributed by atoms with van der Waals surface area (Å²) in [5.41, 5.74) is 0.233. The van der Waals surface area contributed by atoms with Crippen molar-refractivity contribution in [2.75, 3.05) is 19.8 Å². The average Bonchev–Trinajstić information content (AvgIpc) is 2.78. The zero-order chi connectivity index (χ0) is 17.6. The van der Waals surface area contributed by atoms with Gasteiger partial charge in [-0.15, -0.1) is 0 Å². The molecule has 0 radical (unpaired) electrons. The number of carbonyl (C=O) groups excluding carboxylic acids is 2. The van der Waals surface area contributed by atoms with E-state index >= 15 is 0 Å². The summed E-state index contributed by atoms with van der Waals surface area (Å²) < 4.78 is 11.1. The topological polar surface area (TPSA) is 114 Å². The molecule has 2 N–H and O–H groups in total. The van der Waals surface area contributed by atoms with Gasteiger partial charge < -0.3 is 9.47 Å². The third kappa shape index (κ3) is 5.17. The highest BCUT2D eigenvalue weighted by atomic mass is 35.5. The van der Waals surface area contributed by atoms with Gasteiger partial charge in [0.1, 0.15) is 5.15 Å². The fourth-order valence-electron chi connectivity index (χ4n) is 2.08. The molecule has 0 aliphatic heterocycles. The monoisotopic (exact) mass is 349 g/mol. The van der Waals surface area contributed by atoms with Crippen LogP contribution in [0.5, 0.6) is 0 Å². The fraction of sp³-hybridized carbons (Fsp3) is 0.615. The largest absolute Gasteiger partial charge is 0.465 e. The van der Waals surface area contributed by atoms with Gasteiger partial charge in [0.2, 0.25) is 0 Å². The Labute approximate surface area is 138 Å². The van der Waals surface area contributed by atoms with Crippen LogP contribution in [0.3, 0.4) is 0 Å². The van der Waals surface area contributed by atoms with E-state index in [-0.39, 0.29) is 29.3 Å². The SMILES string of the molecule is CCOC(=O)C(C(=O)OCC)C(CN(O)O)c1cc(Cl)n(C)n1. The predicted octanol–water partition coefficient (Wildman–Crippen LogP) is 0.980. The van der Waals surface area contributed by atoms with Gasteiger partial charge in [-0.05, 0) is 19.9 Å². The van der Waals surface area contributed by atoms with Crippen LogP contribution in [0.4, 0.5) is 0 Å². The second kappa shape index (κ2) is 8.82. The minimum atomic E-state index is -1.40. The molecule has 10 heteroatoms. The Hall–Kier alpha value is -1.68. The van der Waals surface area contributed by atoms with Crippen molar-refractivity contribution in [1.82, 2.24) is 15.0 Å². The van der Waals surface area contributed by atoms with Crippen molar-refractivity contribution in [1.29, 1.82) is 0 Å². The maximum atomic E-state index is 12.2. The van der Waals surface area contributed by atoms with Crippen molar-refractivity contribution < 1.29 is 29.5 Å². The van der Waals surface area contributed by atoms with Gasteiger partial charge in [0, 0.05) is 13.0 Å². The van der Waals surface area contributed by atoms with Crippen molar-refractivity contribution in [3.8, 4) is 0 Å². The molecule has 23 heavy (non-hydrogen) atoms. The lowest BCUT2D eigenvalue weighted by Gasteiger charge is -2.23. The van der Waals surface area contributed by atoms with Crippen molar-refractivity contribution in [3.63, 3.8) is 0 Å². The number of nitrogens with zero attached hydrogens (tertiary/aromatic N) is 3. The van der Waals surface area contributed by atoms with Crippen LogP contribution in [0, 0.1) is 5.92 Å². The Bertz CT molecular complexity index is 510. The van der Waals surface area contributed by atoms with Crippen molar-refractivity contribution in [2.24, 2.45) is 13.0 Å². The summed E-state index contributed by atoms with van der Waals surface area (Å²) in [5.74, 6) is -4.08. The van der Waals surface area contributed by atoms with Gasteiger partial charge in [-0.25, -0.2) is 0 Å². The number of carbonyl (C=O) groups is 2. The number of halogens is 1. The van der Waals surface area contributed by atoms with Crippen LogP contribution < -0.4 is 0 Å². The minimum absolute atomic E-state index is 0.0619. The van der Waals surface area contributed by atoms with E-state index in [1.807, 2.05) is 0 Å². The minimum Gasteiger partial charge on any atom is -0.465 e. The number of hydrogen-bond acceptors (Lipinski definition) is 8. The molecule has 1 aromatic rings. The van der Waals surface area contributed by atoms with E-state index in [1.54, 1.807) is 20.9 Å². The number of aromatic nitrogens is 2. The average molecular weight is 350 g/mol. The molecule has 0 saturated heterocycles. The van der Waals surface area contributed by atoms with Gasteiger partial charge in [0.05, 0.1) is 25.5 Å². The Morgan fingerprint density at radius 1 is 1.30 bits per heavy atom. The molecule has 1 heterocycles. The Morgan fingerprint density at radius 2 is 1.83 bits per heavy atom. The zero-order valence-electron chi connectivity index (χ0n) is 13.1. The molecular weight excluding hydrogens is 330 g/mol. The van der Waals surface area contributed by atoms with Crippen LogP contribution >= 0.6 is 11.6 Å². The maximum absolute atomic E-state index is 12.2. The zero-order valence-corrected chi connectivity index (χ0v) is 13.9. The summed E-state index contributed by atoms with van der Waals surface area (Å²) in [6.45, 7) is 2.85. The molecule has 1 aromatic heterocycles. The molecule has 1 rings (SSSR count). The van der Waals surface area contributed by atoms with Crippen LogP contribution in [0.25, 0.3) is 0 Å². The number of esters is 2. The molecule has 0 aliphatic rings. The molecule has 9 nitrogen and oxygen atoms in total. The first-order chi connectivity index (χ1) is 10.8. The summed E-state index contributed by atoms with van der Waals surface area (Å²) in [7, 11) is 1.57. The van der Waals surface area contributed by atoms with Crippen molar-refractivity contribution in [2.45, 2.75) is 19.8 Å². The molecule has 0 saturated carbocycles. The van der Waals surface area contributed by atoms with Crippen LogP contribution in [0.1, 0.15) is 25.5 Å². The number of ether oxygens (including phenoxy) is 2. The van der Waals surface area contributed by atoms with Crippen LogP contribution in [0.2, 0.25) is 5.15 Å². The highest BCUT2D eigenvalue weighted by Gasteiger charge is 2.40. The highest BCUT2D eigenvalue weighted by Crippen LogP contribution is 2.29. The van der Waals surface area contributed by atoms with Crippen LogP contribution in [-0.2, 0) is 26.1 Å². The Kier molecular flexibility index (Phi) is 7.43. The fourth-order valence-corrected chi connectivity index (χ4v) is 2.23. The smallest absolute Gasteiger partial charge is 0.321 e. The predicted molar refractivity (Wildman–Crippen MR) is 78.0 cm³/mol. The third-order valence-corrected chi connectivity index (χ3v) is 3.42. The van der Waals surface area contributed by atoms with Gasteiger partial charge in [0.25, 0.3) is 0 Å². The second-order valence-electron chi connectivity index (χ2n) is 4.66. The van der Waals surface area contributed by atoms with Gasteiger partial charge in [-0.1, -0.05) is 16.8 Å². The summed E-state index contributed by atoms with van der Waals surface area (Å²) >= 11 is 5.93. The van der Waals surface area contributed by atoms with E-state index in [0.717, 1.165) is 0 Å². The number of hydrogen-bond donors (Lipinski definition) is 2. The van der Waals surface area contributed by atoms with Gasteiger partial charge in [0.15, 0.2) is 5.92 Å². The quantitative estimate of drug-likeness (QED) is 0.405. The Morgan fingerprint density at radius 3 is 2.17 bits per heavy atom. The summed E-state index contributed by atoms with van der Waals surface area (Å²) in [6, 6.07) is 1.43. The molecular formula is C13H20ClN3O6. The van der Waals surface area contributed by atoms with E-state index in [4.69, 9.17) is 31.5 Å². The molecule has 0 amide bonds. The van der Waals surface area contributed by atoms with Gasteiger partial charge >= 0.3 is 11.9 Å². The summed E-state index contributed by atoms with van der Waals surface area (Å²) in [6.07, 6.45) is 0. The first kappa shape index (κ1) is 19.4. The Balaban J connectivity index is 3.24. The summed E-state index contributed by atoms with van der Waals surface area (Å²) in [5, 5.41) is 22.5. The number of aryl methyl sites for hydroxylation is 1. The van der Waals surface area contributed by atoms with Crippen LogP contribution in [0.15, 0.2) is 6.07 Å². The first-order valence-electron chi connectivity index (χ1n) is 6.99. The van der Waals surface area contributed by atoms with Gasteiger partial charge in [-0.3, -0.25) is 24.7 Å². The molecule has 0 aromatic carbocycles. The van der Waals surface area contributed by atoms with Crippen molar-refractivity contribution >= 4 is 23.5 Å². The molecule has 1 unspecified atom stereocenters. The van der Waals surface area contributed by atoms with E-state index < -0.39 is 30.3 Å². The van der Waals surface area contributed by atoms with E-state index in [9.17, 15) is 9.59 Å². The lowest BCUT2D eigenvalue weighted by atomic mass is 9.89. The molecule has 130 valence electrons. The number of hydroxylamine groups is 2. The molecule has 0 aliphatic carbocycles. The maximum Gasteiger partial charge on any atom is 0.321 e. The standard InChI is InChI=1S/C13H20ClN3O6/c1-4-22-12(18)11(13(19)23-5-2)8(7-17(20)21)9-6-10(14)16(3)15-9/h6,8,11,20-21H,4-5,7H2,1-3H3. The lowest BCUT2D eigenvalue weighted by molar-refractivity contribution is -0.309. The normalized spacial score (nSPS) is 12.5. The second-order valence-corrected chi connectivity index (χ2v) is 5.05. The van der Waals surface area contributed by atoms with Crippen molar-refractivity contribution in [3.05, 3.63) is 16.9 Å². The van der Waals surface area contributed by atoms with Crippen LogP contribution in [-0.4, -0.2) is 57.1 Å². The van der Waals surface area contributed by atoms with Gasteiger partial charge in [-0.2, -0.15) is 5.10 Å². The molecule has 0 fully saturated rings. The first-order valence-corrected chi connectivity index (χ1v) is 7.37. The summed E-state index contributed by atoms with van der Waals surface area (Å²) in [4.78, 5) is 24.4. The van der Waals surface area contributed by atoms with E-state index in [1.165, 1.54) is 10.7 Å². The molecule has 1 atom stereocenters. The molecule has 0 spiro atoms. The number of rotatable bonds is 8. The lowest BCUT2D eigenvalue weighted by Crippen LogP contribution is -2.38. The van der Waals surface area contributed by atoms with E-state index in [0.29, 0.717) is 0 Å². The molecule has 0 bridgehead atoms.